The average Bonchev–Trinajstić information content (AvgIpc) is 2.31. The maximum absolute atomic E-state index is 11.0. The fourth-order valence-corrected chi connectivity index (χ4v) is 1.59. The largest absolute Gasteiger partial charge is 0.375 e. The summed E-state index contributed by atoms with van der Waals surface area (Å²) >= 11 is 5.99. The molecule has 0 fully saturated rings. The van der Waals surface area contributed by atoms with Gasteiger partial charge < -0.3 is 15.8 Å². The van der Waals surface area contributed by atoms with Crippen LogP contribution in [0.4, 0.5) is 0 Å². The van der Waals surface area contributed by atoms with Gasteiger partial charge in [-0.1, -0.05) is 29.8 Å². The molecule has 1 aromatic rings. The van der Waals surface area contributed by atoms with Crippen LogP contribution >= 0.6 is 11.6 Å². The van der Waals surface area contributed by atoms with Crippen LogP contribution in [0.1, 0.15) is 11.7 Å². The number of carbonyl (C=O) groups is 2. The van der Waals surface area contributed by atoms with Crippen molar-refractivity contribution in [2.45, 2.75) is 6.10 Å². The van der Waals surface area contributed by atoms with Crippen molar-refractivity contribution in [1.82, 2.24) is 5.32 Å². The maximum atomic E-state index is 11.0. The van der Waals surface area contributed by atoms with Gasteiger partial charge in [0.15, 0.2) is 0 Å². The Labute approximate surface area is 104 Å². The Hall–Kier alpha value is -1.59. The highest BCUT2D eigenvalue weighted by Gasteiger charge is 2.16. The van der Waals surface area contributed by atoms with Gasteiger partial charge in [-0.15, -0.1) is 0 Å². The number of carbonyl (C=O) groups excluding carboxylic acids is 2. The Balaban J connectivity index is 2.70. The van der Waals surface area contributed by atoms with Crippen LogP contribution in [0.15, 0.2) is 24.3 Å². The van der Waals surface area contributed by atoms with Gasteiger partial charge in [0.1, 0.15) is 6.10 Å². The third kappa shape index (κ3) is 3.72. The number of halogens is 1. The van der Waals surface area contributed by atoms with Gasteiger partial charge in [0, 0.05) is 24.2 Å². The molecule has 1 aromatic carbocycles. The summed E-state index contributed by atoms with van der Waals surface area (Å²) in [6.07, 6.45) is -0.424. The first-order chi connectivity index (χ1) is 8.06. The lowest BCUT2D eigenvalue weighted by atomic mass is 10.1. The zero-order valence-electron chi connectivity index (χ0n) is 9.27. The molecule has 0 aliphatic heterocycles. The number of hydrogen-bond acceptors (Lipinski definition) is 3. The Morgan fingerprint density at radius 3 is 2.65 bits per heavy atom. The molecule has 1 rings (SSSR count). The standard InChI is InChI=1S/C11H13ClN2O3/c1-17-9(6-14-11(16)10(13)15)7-4-2-3-5-8(7)12/h2-5,9H,6H2,1H3,(H2,13,15)(H,14,16). The van der Waals surface area contributed by atoms with Crippen molar-refractivity contribution >= 4 is 23.4 Å². The lowest BCUT2D eigenvalue weighted by Crippen LogP contribution is -2.38. The Kier molecular flexibility index (Phi) is 4.93. The van der Waals surface area contributed by atoms with Crippen molar-refractivity contribution in [2.75, 3.05) is 13.7 Å². The van der Waals surface area contributed by atoms with E-state index >= 15 is 0 Å². The number of nitrogens with two attached hydrogens (primary N) is 1. The monoisotopic (exact) mass is 256 g/mol. The molecule has 5 nitrogen and oxygen atoms in total. The van der Waals surface area contributed by atoms with E-state index < -0.39 is 17.9 Å². The minimum Gasteiger partial charge on any atom is -0.375 e. The number of benzene rings is 1. The average molecular weight is 257 g/mol. The minimum absolute atomic E-state index is 0.127. The molecule has 1 unspecified atom stereocenters. The van der Waals surface area contributed by atoms with Gasteiger partial charge in [-0.05, 0) is 6.07 Å². The number of nitrogens with one attached hydrogen (secondary N) is 1. The molecule has 3 N–H and O–H groups in total. The summed E-state index contributed by atoms with van der Waals surface area (Å²) in [6, 6.07) is 7.11. The minimum atomic E-state index is -1.03. The Morgan fingerprint density at radius 1 is 1.47 bits per heavy atom. The van der Waals surface area contributed by atoms with Crippen molar-refractivity contribution in [3.05, 3.63) is 34.9 Å². The molecule has 0 aromatic heterocycles. The summed E-state index contributed by atoms with van der Waals surface area (Å²) in [5.41, 5.74) is 5.55. The second kappa shape index (κ2) is 6.22. The van der Waals surface area contributed by atoms with Crippen LogP contribution < -0.4 is 11.1 Å². The van der Waals surface area contributed by atoms with Gasteiger partial charge >= 0.3 is 11.8 Å². The van der Waals surface area contributed by atoms with Crippen LogP contribution in [-0.4, -0.2) is 25.5 Å². The predicted octanol–water partition coefficient (Wildman–Crippen LogP) is 0.629. The second-order valence-electron chi connectivity index (χ2n) is 3.32. The third-order valence-electron chi connectivity index (χ3n) is 2.21. The SMILES string of the molecule is COC(CNC(=O)C(N)=O)c1ccccc1Cl. The van der Waals surface area contributed by atoms with Gasteiger partial charge in [-0.3, -0.25) is 9.59 Å². The summed E-state index contributed by atoms with van der Waals surface area (Å²) < 4.78 is 5.20. The van der Waals surface area contributed by atoms with Crippen molar-refractivity contribution in [3.63, 3.8) is 0 Å². The molecule has 0 spiro atoms. The molecule has 0 heterocycles. The first-order valence-electron chi connectivity index (χ1n) is 4.91. The summed E-state index contributed by atoms with van der Waals surface area (Å²) in [5, 5.41) is 2.90. The van der Waals surface area contributed by atoms with Gasteiger partial charge in [-0.2, -0.15) is 0 Å². The van der Waals surface area contributed by atoms with E-state index in [-0.39, 0.29) is 6.54 Å². The fourth-order valence-electron chi connectivity index (χ4n) is 1.33. The van der Waals surface area contributed by atoms with Crippen molar-refractivity contribution < 1.29 is 14.3 Å². The highest BCUT2D eigenvalue weighted by Crippen LogP contribution is 2.24. The van der Waals surface area contributed by atoms with E-state index in [1.165, 1.54) is 7.11 Å². The molecule has 0 aliphatic rings. The summed E-state index contributed by atoms with van der Waals surface area (Å²) in [7, 11) is 1.49. The van der Waals surface area contributed by atoms with Crippen molar-refractivity contribution in [1.29, 1.82) is 0 Å². The molecule has 0 saturated heterocycles. The lowest BCUT2D eigenvalue weighted by molar-refractivity contribution is -0.137. The number of hydrogen-bond donors (Lipinski definition) is 2. The highest BCUT2D eigenvalue weighted by atomic mass is 35.5. The van der Waals surface area contributed by atoms with Gasteiger partial charge in [0.05, 0.1) is 0 Å². The first-order valence-corrected chi connectivity index (χ1v) is 5.29. The smallest absolute Gasteiger partial charge is 0.309 e. The van der Waals surface area contributed by atoms with E-state index in [2.05, 4.69) is 5.32 Å². The van der Waals surface area contributed by atoms with Crippen LogP contribution in [0.3, 0.4) is 0 Å². The van der Waals surface area contributed by atoms with E-state index in [1.54, 1.807) is 18.2 Å². The molecule has 6 heteroatoms. The summed E-state index contributed by atoms with van der Waals surface area (Å²) in [4.78, 5) is 21.6. The van der Waals surface area contributed by atoms with Crippen LogP contribution in [0, 0.1) is 0 Å². The van der Waals surface area contributed by atoms with Crippen molar-refractivity contribution in [3.8, 4) is 0 Å². The van der Waals surface area contributed by atoms with Crippen LogP contribution in [0.2, 0.25) is 5.02 Å². The number of methoxy groups -OCH3 is 1. The Morgan fingerprint density at radius 2 is 2.12 bits per heavy atom. The molecule has 2 amide bonds. The molecule has 17 heavy (non-hydrogen) atoms. The third-order valence-corrected chi connectivity index (χ3v) is 2.55. The van der Waals surface area contributed by atoms with E-state index in [4.69, 9.17) is 22.1 Å². The van der Waals surface area contributed by atoms with Gasteiger partial charge in [-0.25, -0.2) is 0 Å². The van der Waals surface area contributed by atoms with E-state index in [0.717, 1.165) is 5.56 Å². The molecule has 0 saturated carbocycles. The quantitative estimate of drug-likeness (QED) is 0.776. The zero-order valence-corrected chi connectivity index (χ0v) is 10.0. The lowest BCUT2D eigenvalue weighted by Gasteiger charge is -2.17. The number of rotatable bonds is 4. The van der Waals surface area contributed by atoms with Gasteiger partial charge in [0.25, 0.3) is 0 Å². The predicted molar refractivity (Wildman–Crippen MR) is 63.4 cm³/mol. The normalized spacial score (nSPS) is 11.9. The Bertz CT molecular complexity index is 423. The number of primary amides is 1. The summed E-state index contributed by atoms with van der Waals surface area (Å²) in [5.74, 6) is -1.88. The molecule has 92 valence electrons. The highest BCUT2D eigenvalue weighted by molar-refractivity contribution is 6.34. The number of amides is 2. The van der Waals surface area contributed by atoms with E-state index in [1.807, 2.05) is 6.07 Å². The van der Waals surface area contributed by atoms with Gasteiger partial charge in [0.2, 0.25) is 0 Å². The molecule has 0 aliphatic carbocycles. The molecule has 1 atom stereocenters. The second-order valence-corrected chi connectivity index (χ2v) is 3.73. The molecular weight excluding hydrogens is 244 g/mol. The molecular formula is C11H13ClN2O3. The number of ether oxygens (including phenoxy) is 1. The molecule has 0 bridgehead atoms. The zero-order chi connectivity index (χ0) is 12.8. The van der Waals surface area contributed by atoms with Crippen LogP contribution in [0.5, 0.6) is 0 Å². The van der Waals surface area contributed by atoms with E-state index in [0.29, 0.717) is 5.02 Å². The summed E-state index contributed by atoms with van der Waals surface area (Å²) in [6.45, 7) is 0.127. The first kappa shape index (κ1) is 13.5. The van der Waals surface area contributed by atoms with Crippen molar-refractivity contribution in [2.24, 2.45) is 5.73 Å². The van der Waals surface area contributed by atoms with Crippen LogP contribution in [0.25, 0.3) is 0 Å². The maximum Gasteiger partial charge on any atom is 0.309 e. The van der Waals surface area contributed by atoms with E-state index in [9.17, 15) is 9.59 Å². The van der Waals surface area contributed by atoms with Crippen LogP contribution in [-0.2, 0) is 14.3 Å². The molecule has 0 radical (unpaired) electrons. The fraction of sp³-hybridized carbons (Fsp3) is 0.273. The topological polar surface area (TPSA) is 81.4 Å².